The van der Waals surface area contributed by atoms with Crippen LogP contribution in [0.3, 0.4) is 0 Å². The average molecular weight is 305 g/mol. The van der Waals surface area contributed by atoms with Gasteiger partial charge in [0.25, 0.3) is 0 Å². The summed E-state index contributed by atoms with van der Waals surface area (Å²) >= 11 is 0. The Bertz CT molecular complexity index is 541. The van der Waals surface area contributed by atoms with E-state index in [9.17, 15) is 9.59 Å². The number of carboxylic acids is 1. The van der Waals surface area contributed by atoms with Crippen LogP contribution in [0.5, 0.6) is 0 Å². The number of aliphatic carboxylic acids is 1. The largest absolute Gasteiger partial charge is 0.480 e. The molecule has 0 aliphatic heterocycles. The number of carboxylic acid groups (broad SMARTS) is 1. The highest BCUT2D eigenvalue weighted by atomic mass is 16.4. The smallest absolute Gasteiger partial charge is 0.319 e. The Morgan fingerprint density at radius 3 is 2.59 bits per heavy atom. The summed E-state index contributed by atoms with van der Waals surface area (Å²) in [6.45, 7) is 4.66. The lowest BCUT2D eigenvalue weighted by atomic mass is 9.85. The van der Waals surface area contributed by atoms with E-state index in [1.54, 1.807) is 0 Å². The molecule has 22 heavy (non-hydrogen) atoms. The standard InChI is InChI=1S/C16H23N3O3/c1-3-19(10-15(20)21)13-8-12(9-13)17-16(22)18-14-7-5-4-6-11(14)2/h4-7,12-13H,3,8-10H2,1-2H3,(H,20,21)(H2,17,18,22). The summed E-state index contributed by atoms with van der Waals surface area (Å²) in [4.78, 5) is 24.7. The number of benzene rings is 1. The van der Waals surface area contributed by atoms with Crippen LogP contribution in [0.15, 0.2) is 24.3 Å². The fourth-order valence-electron chi connectivity index (χ4n) is 2.73. The fourth-order valence-corrected chi connectivity index (χ4v) is 2.73. The molecule has 1 aliphatic carbocycles. The number of hydrogen-bond acceptors (Lipinski definition) is 3. The highest BCUT2D eigenvalue weighted by Gasteiger charge is 2.34. The first-order chi connectivity index (χ1) is 10.5. The average Bonchev–Trinajstić information content (AvgIpc) is 2.42. The number of nitrogens with one attached hydrogen (secondary N) is 2. The summed E-state index contributed by atoms with van der Waals surface area (Å²) in [7, 11) is 0. The third-order valence-electron chi connectivity index (χ3n) is 4.10. The van der Waals surface area contributed by atoms with Gasteiger partial charge in [0.15, 0.2) is 0 Å². The molecule has 0 heterocycles. The minimum atomic E-state index is -0.810. The lowest BCUT2D eigenvalue weighted by Gasteiger charge is -2.42. The summed E-state index contributed by atoms with van der Waals surface area (Å²) in [5, 5.41) is 14.6. The molecule has 1 aliphatic rings. The molecule has 2 amide bonds. The van der Waals surface area contributed by atoms with E-state index in [0.717, 1.165) is 24.1 Å². The van der Waals surface area contributed by atoms with E-state index in [4.69, 9.17) is 5.11 Å². The molecule has 6 nitrogen and oxygen atoms in total. The molecule has 0 radical (unpaired) electrons. The van der Waals surface area contributed by atoms with Crippen LogP contribution in [-0.4, -0.2) is 47.2 Å². The van der Waals surface area contributed by atoms with Gasteiger partial charge in [-0.15, -0.1) is 0 Å². The number of hydrogen-bond donors (Lipinski definition) is 3. The summed E-state index contributed by atoms with van der Waals surface area (Å²) in [5.74, 6) is -0.810. The third kappa shape index (κ3) is 4.21. The van der Waals surface area contributed by atoms with Crippen LogP contribution in [0.2, 0.25) is 0 Å². The Labute approximate surface area is 130 Å². The van der Waals surface area contributed by atoms with Gasteiger partial charge in [0.2, 0.25) is 0 Å². The van der Waals surface area contributed by atoms with Crippen LogP contribution < -0.4 is 10.6 Å². The second-order valence-electron chi connectivity index (χ2n) is 5.69. The van der Waals surface area contributed by atoms with Gasteiger partial charge in [-0.1, -0.05) is 25.1 Å². The molecular weight excluding hydrogens is 282 g/mol. The zero-order valence-electron chi connectivity index (χ0n) is 13.0. The first-order valence-electron chi connectivity index (χ1n) is 7.58. The molecule has 3 N–H and O–H groups in total. The lowest BCUT2D eigenvalue weighted by Crippen LogP contribution is -2.55. The van der Waals surface area contributed by atoms with Gasteiger partial charge >= 0.3 is 12.0 Å². The van der Waals surface area contributed by atoms with Gasteiger partial charge in [0.1, 0.15) is 0 Å². The monoisotopic (exact) mass is 305 g/mol. The minimum absolute atomic E-state index is 0.0588. The van der Waals surface area contributed by atoms with Crippen molar-refractivity contribution in [1.29, 1.82) is 0 Å². The number of carbonyl (C=O) groups excluding carboxylic acids is 1. The second kappa shape index (κ2) is 7.26. The lowest BCUT2D eigenvalue weighted by molar-refractivity contribution is -0.139. The first kappa shape index (κ1) is 16.3. The predicted molar refractivity (Wildman–Crippen MR) is 85.0 cm³/mol. The molecule has 2 rings (SSSR count). The molecule has 0 unspecified atom stereocenters. The Hall–Kier alpha value is -2.08. The van der Waals surface area contributed by atoms with Crippen molar-refractivity contribution >= 4 is 17.7 Å². The maximum atomic E-state index is 12.0. The minimum Gasteiger partial charge on any atom is -0.480 e. The highest BCUT2D eigenvalue weighted by molar-refractivity contribution is 5.90. The number of urea groups is 1. The van der Waals surface area contributed by atoms with E-state index in [-0.39, 0.29) is 24.7 Å². The van der Waals surface area contributed by atoms with Gasteiger partial charge < -0.3 is 15.7 Å². The van der Waals surface area contributed by atoms with Gasteiger partial charge in [0, 0.05) is 17.8 Å². The van der Waals surface area contributed by atoms with Gasteiger partial charge in [-0.2, -0.15) is 0 Å². The van der Waals surface area contributed by atoms with Gasteiger partial charge in [0.05, 0.1) is 6.54 Å². The maximum Gasteiger partial charge on any atom is 0.319 e. The van der Waals surface area contributed by atoms with Crippen LogP contribution in [-0.2, 0) is 4.79 Å². The Balaban J connectivity index is 1.76. The Kier molecular flexibility index (Phi) is 5.38. The van der Waals surface area contributed by atoms with Crippen molar-refractivity contribution in [3.8, 4) is 0 Å². The third-order valence-corrected chi connectivity index (χ3v) is 4.10. The first-order valence-corrected chi connectivity index (χ1v) is 7.58. The van der Waals surface area contributed by atoms with E-state index in [1.807, 2.05) is 43.0 Å². The number of carbonyl (C=O) groups is 2. The Morgan fingerprint density at radius 2 is 2.00 bits per heavy atom. The number of aryl methyl sites for hydroxylation is 1. The molecule has 0 spiro atoms. The van der Waals surface area contributed by atoms with Crippen LogP contribution >= 0.6 is 0 Å². The molecule has 1 aromatic rings. The van der Waals surface area contributed by atoms with Crippen LogP contribution in [0, 0.1) is 6.92 Å². The van der Waals surface area contributed by atoms with Crippen molar-refractivity contribution in [3.05, 3.63) is 29.8 Å². The highest BCUT2D eigenvalue weighted by Crippen LogP contribution is 2.25. The molecule has 0 saturated heterocycles. The quantitative estimate of drug-likeness (QED) is 0.751. The van der Waals surface area contributed by atoms with E-state index >= 15 is 0 Å². The molecule has 1 fully saturated rings. The van der Waals surface area contributed by atoms with Crippen LogP contribution in [0.25, 0.3) is 0 Å². The number of nitrogens with zero attached hydrogens (tertiary/aromatic N) is 1. The van der Waals surface area contributed by atoms with Crippen LogP contribution in [0.4, 0.5) is 10.5 Å². The molecule has 0 atom stereocenters. The molecule has 0 bridgehead atoms. The molecule has 1 aromatic carbocycles. The van der Waals surface area contributed by atoms with Crippen molar-refractivity contribution in [3.63, 3.8) is 0 Å². The SMILES string of the molecule is CCN(CC(=O)O)C1CC(NC(=O)Nc2ccccc2C)C1. The maximum absolute atomic E-state index is 12.0. The van der Waals surface area contributed by atoms with Gasteiger partial charge in [-0.3, -0.25) is 9.69 Å². The van der Waals surface area contributed by atoms with E-state index < -0.39 is 5.97 Å². The topological polar surface area (TPSA) is 81.7 Å². The van der Waals surface area contributed by atoms with Crippen LogP contribution in [0.1, 0.15) is 25.3 Å². The number of amides is 2. The summed E-state index contributed by atoms with van der Waals surface area (Å²) < 4.78 is 0. The van der Waals surface area contributed by atoms with Gasteiger partial charge in [-0.05, 0) is 37.9 Å². The van der Waals surface area contributed by atoms with Crippen molar-refractivity contribution in [1.82, 2.24) is 10.2 Å². The zero-order valence-corrected chi connectivity index (χ0v) is 13.0. The normalized spacial score (nSPS) is 20.3. The van der Waals surface area contributed by atoms with Gasteiger partial charge in [-0.25, -0.2) is 4.79 Å². The summed E-state index contributed by atoms with van der Waals surface area (Å²) in [6, 6.07) is 7.76. The number of likely N-dealkylation sites (N-methyl/N-ethyl adjacent to an activating group) is 1. The van der Waals surface area contributed by atoms with Crippen molar-refractivity contribution in [2.24, 2.45) is 0 Å². The molecule has 1 saturated carbocycles. The number of rotatable bonds is 6. The second-order valence-corrected chi connectivity index (χ2v) is 5.69. The Morgan fingerprint density at radius 1 is 1.32 bits per heavy atom. The summed E-state index contributed by atoms with van der Waals surface area (Å²) in [5.41, 5.74) is 1.82. The fraction of sp³-hybridized carbons (Fsp3) is 0.500. The summed E-state index contributed by atoms with van der Waals surface area (Å²) in [6.07, 6.45) is 1.59. The van der Waals surface area contributed by atoms with E-state index in [1.165, 1.54) is 0 Å². The number of anilines is 1. The molecular formula is C16H23N3O3. The molecule has 6 heteroatoms. The number of para-hydroxylation sites is 1. The van der Waals surface area contributed by atoms with E-state index in [2.05, 4.69) is 10.6 Å². The van der Waals surface area contributed by atoms with Crippen molar-refractivity contribution < 1.29 is 14.7 Å². The van der Waals surface area contributed by atoms with Crippen molar-refractivity contribution in [2.45, 2.75) is 38.8 Å². The molecule has 120 valence electrons. The zero-order chi connectivity index (χ0) is 16.1. The predicted octanol–water partition coefficient (Wildman–Crippen LogP) is 2.05. The van der Waals surface area contributed by atoms with E-state index in [0.29, 0.717) is 6.54 Å². The van der Waals surface area contributed by atoms with Crippen molar-refractivity contribution in [2.75, 3.05) is 18.4 Å². The molecule has 0 aromatic heterocycles.